The van der Waals surface area contributed by atoms with Gasteiger partial charge in [-0.15, -0.1) is 0 Å². The van der Waals surface area contributed by atoms with Gasteiger partial charge < -0.3 is 15.5 Å². The summed E-state index contributed by atoms with van der Waals surface area (Å²) in [6.45, 7) is 9.92. The van der Waals surface area contributed by atoms with Crippen molar-refractivity contribution in [3.63, 3.8) is 0 Å². The van der Waals surface area contributed by atoms with Gasteiger partial charge in [0.1, 0.15) is 0 Å². The molecule has 0 heterocycles. The topological polar surface area (TPSA) is 56.7 Å². The summed E-state index contributed by atoms with van der Waals surface area (Å²) in [4.78, 5) is 18.6. The normalized spacial score (nSPS) is 12.0. The van der Waals surface area contributed by atoms with Gasteiger partial charge in [0.2, 0.25) is 5.91 Å². The Morgan fingerprint density at radius 1 is 1.26 bits per heavy atom. The maximum atomic E-state index is 11.9. The monoisotopic (exact) mass is 318 g/mol. The zero-order chi connectivity index (χ0) is 17.5. The zero-order valence-corrected chi connectivity index (χ0v) is 15.2. The molecule has 1 amide bonds. The van der Waals surface area contributed by atoms with E-state index in [0.29, 0.717) is 6.54 Å². The third-order valence-corrected chi connectivity index (χ3v) is 3.70. The van der Waals surface area contributed by atoms with E-state index in [-0.39, 0.29) is 5.91 Å². The molecule has 0 aromatic heterocycles. The van der Waals surface area contributed by atoms with Gasteiger partial charge in [0.05, 0.1) is 12.0 Å². The van der Waals surface area contributed by atoms with Crippen molar-refractivity contribution < 1.29 is 4.79 Å². The van der Waals surface area contributed by atoms with Crippen LogP contribution in [0.1, 0.15) is 31.9 Å². The number of aliphatic imine (C=N–C) groups is 1. The summed E-state index contributed by atoms with van der Waals surface area (Å²) in [6, 6.07) is 8.48. The van der Waals surface area contributed by atoms with Gasteiger partial charge in [-0.3, -0.25) is 9.79 Å². The smallest absolute Gasteiger partial charge is 0.227 e. The minimum absolute atomic E-state index is 0.00159. The molecule has 1 rings (SSSR count). The molecule has 0 bridgehead atoms. The molecule has 0 fully saturated rings. The standard InChI is InChI=1S/C18H30N4O/c1-7-20-17(21-13-18(3,4)16(23)19-5)22(6)12-15-10-8-14(2)9-11-15/h8-11H,7,12-13H2,1-6H3,(H,19,23)(H,20,21). The molecule has 5 heteroatoms. The van der Waals surface area contributed by atoms with Crippen molar-refractivity contribution in [2.24, 2.45) is 10.4 Å². The number of carbonyl (C=O) groups is 1. The number of hydrogen-bond acceptors (Lipinski definition) is 2. The van der Waals surface area contributed by atoms with Gasteiger partial charge in [0, 0.05) is 27.2 Å². The number of nitrogens with zero attached hydrogens (tertiary/aromatic N) is 2. The van der Waals surface area contributed by atoms with Gasteiger partial charge in [-0.1, -0.05) is 29.8 Å². The molecule has 0 aliphatic carbocycles. The van der Waals surface area contributed by atoms with Crippen LogP contribution in [0, 0.1) is 12.3 Å². The van der Waals surface area contributed by atoms with Crippen LogP contribution in [-0.2, 0) is 11.3 Å². The summed E-state index contributed by atoms with van der Waals surface area (Å²) < 4.78 is 0. The maximum absolute atomic E-state index is 11.9. The molecule has 0 aliphatic rings. The van der Waals surface area contributed by atoms with E-state index < -0.39 is 5.41 Å². The predicted molar refractivity (Wildman–Crippen MR) is 96.5 cm³/mol. The molecule has 1 aromatic carbocycles. The fourth-order valence-electron chi connectivity index (χ4n) is 2.19. The number of guanidine groups is 1. The molecule has 23 heavy (non-hydrogen) atoms. The van der Waals surface area contributed by atoms with E-state index in [0.717, 1.165) is 19.0 Å². The molecule has 0 spiro atoms. The first kappa shape index (κ1) is 19.0. The fraction of sp³-hybridized carbons (Fsp3) is 0.556. The summed E-state index contributed by atoms with van der Waals surface area (Å²) >= 11 is 0. The van der Waals surface area contributed by atoms with Gasteiger partial charge in [-0.05, 0) is 33.3 Å². The van der Waals surface area contributed by atoms with Crippen molar-refractivity contribution in [2.45, 2.75) is 34.2 Å². The highest BCUT2D eigenvalue weighted by molar-refractivity contribution is 5.83. The fourth-order valence-corrected chi connectivity index (χ4v) is 2.19. The predicted octanol–water partition coefficient (Wildman–Crippen LogP) is 2.16. The minimum atomic E-state index is -0.528. The number of hydrogen-bond donors (Lipinski definition) is 2. The maximum Gasteiger partial charge on any atom is 0.227 e. The van der Waals surface area contributed by atoms with Crippen LogP contribution in [0.5, 0.6) is 0 Å². The van der Waals surface area contributed by atoms with Gasteiger partial charge in [0.25, 0.3) is 0 Å². The Labute approximate surface area is 140 Å². The number of benzene rings is 1. The average Bonchev–Trinajstić information content (AvgIpc) is 2.52. The molecule has 5 nitrogen and oxygen atoms in total. The second-order valence-corrected chi connectivity index (χ2v) is 6.47. The zero-order valence-electron chi connectivity index (χ0n) is 15.2. The van der Waals surface area contributed by atoms with Crippen LogP contribution >= 0.6 is 0 Å². The summed E-state index contributed by atoms with van der Waals surface area (Å²) in [5, 5.41) is 5.98. The Hall–Kier alpha value is -2.04. The van der Waals surface area contributed by atoms with Crippen LogP contribution in [0.3, 0.4) is 0 Å². The largest absolute Gasteiger partial charge is 0.359 e. The second-order valence-electron chi connectivity index (χ2n) is 6.47. The van der Waals surface area contributed by atoms with E-state index in [1.165, 1.54) is 11.1 Å². The van der Waals surface area contributed by atoms with E-state index in [4.69, 9.17) is 0 Å². The Bertz CT molecular complexity index is 534. The third kappa shape index (κ3) is 5.93. The van der Waals surface area contributed by atoms with Crippen LogP contribution in [-0.4, -0.2) is 44.0 Å². The first-order valence-electron chi connectivity index (χ1n) is 8.07. The Balaban J connectivity index is 2.81. The molecular weight excluding hydrogens is 288 g/mol. The molecule has 2 N–H and O–H groups in total. The summed E-state index contributed by atoms with van der Waals surface area (Å²) in [5.41, 5.74) is 1.96. The number of rotatable bonds is 6. The second kappa shape index (κ2) is 8.56. The van der Waals surface area contributed by atoms with Gasteiger partial charge in [-0.2, -0.15) is 0 Å². The molecular formula is C18H30N4O. The van der Waals surface area contributed by atoms with Crippen LogP contribution in [0.25, 0.3) is 0 Å². The SMILES string of the molecule is CCNC(=NCC(C)(C)C(=O)NC)N(C)Cc1ccc(C)cc1. The van der Waals surface area contributed by atoms with Crippen molar-refractivity contribution in [3.8, 4) is 0 Å². The lowest BCUT2D eigenvalue weighted by molar-refractivity contribution is -0.128. The van der Waals surface area contributed by atoms with Crippen LogP contribution in [0.4, 0.5) is 0 Å². The molecule has 0 aliphatic heterocycles. The molecule has 128 valence electrons. The Morgan fingerprint density at radius 2 is 1.87 bits per heavy atom. The van der Waals surface area contributed by atoms with E-state index in [1.54, 1.807) is 7.05 Å². The lowest BCUT2D eigenvalue weighted by Gasteiger charge is -2.25. The lowest BCUT2D eigenvalue weighted by atomic mass is 9.93. The average molecular weight is 318 g/mol. The summed E-state index contributed by atoms with van der Waals surface area (Å²) in [6.07, 6.45) is 0. The van der Waals surface area contributed by atoms with Crippen molar-refractivity contribution >= 4 is 11.9 Å². The van der Waals surface area contributed by atoms with Crippen LogP contribution in [0.2, 0.25) is 0 Å². The summed E-state index contributed by atoms with van der Waals surface area (Å²) in [7, 11) is 3.66. The van der Waals surface area contributed by atoms with E-state index in [2.05, 4.69) is 51.7 Å². The van der Waals surface area contributed by atoms with Crippen molar-refractivity contribution in [1.29, 1.82) is 0 Å². The minimum Gasteiger partial charge on any atom is -0.359 e. The first-order valence-corrected chi connectivity index (χ1v) is 8.07. The Kier molecular flexibility index (Phi) is 7.07. The lowest BCUT2D eigenvalue weighted by Crippen LogP contribution is -2.41. The Morgan fingerprint density at radius 3 is 2.39 bits per heavy atom. The number of amides is 1. The molecule has 0 saturated carbocycles. The quantitative estimate of drug-likeness (QED) is 0.624. The molecule has 0 saturated heterocycles. The van der Waals surface area contributed by atoms with E-state index in [9.17, 15) is 4.79 Å². The van der Waals surface area contributed by atoms with Gasteiger partial charge >= 0.3 is 0 Å². The first-order chi connectivity index (χ1) is 10.8. The number of carbonyl (C=O) groups excluding carboxylic acids is 1. The molecule has 0 unspecified atom stereocenters. The summed E-state index contributed by atoms with van der Waals surface area (Å²) in [5.74, 6) is 0.809. The highest BCUT2D eigenvalue weighted by atomic mass is 16.2. The van der Waals surface area contributed by atoms with Gasteiger partial charge in [-0.25, -0.2) is 0 Å². The van der Waals surface area contributed by atoms with E-state index >= 15 is 0 Å². The molecule has 1 aromatic rings. The molecule has 0 radical (unpaired) electrons. The van der Waals surface area contributed by atoms with Crippen molar-refractivity contribution in [1.82, 2.24) is 15.5 Å². The highest BCUT2D eigenvalue weighted by Crippen LogP contribution is 2.15. The highest BCUT2D eigenvalue weighted by Gasteiger charge is 2.26. The number of aryl methyl sites for hydroxylation is 1. The van der Waals surface area contributed by atoms with E-state index in [1.807, 2.05) is 27.8 Å². The van der Waals surface area contributed by atoms with Crippen molar-refractivity contribution in [3.05, 3.63) is 35.4 Å². The van der Waals surface area contributed by atoms with Crippen molar-refractivity contribution in [2.75, 3.05) is 27.2 Å². The number of nitrogens with one attached hydrogen (secondary N) is 2. The molecule has 0 atom stereocenters. The third-order valence-electron chi connectivity index (χ3n) is 3.70. The van der Waals surface area contributed by atoms with Crippen LogP contribution < -0.4 is 10.6 Å². The van der Waals surface area contributed by atoms with Crippen LogP contribution in [0.15, 0.2) is 29.3 Å². The van der Waals surface area contributed by atoms with Gasteiger partial charge in [0.15, 0.2) is 5.96 Å².